The Morgan fingerprint density at radius 1 is 1.69 bits per heavy atom. The first-order valence-electron chi connectivity index (χ1n) is 5.12. The molecule has 0 saturated carbocycles. The molecule has 1 atom stereocenters. The highest BCUT2D eigenvalue weighted by Gasteiger charge is 2.23. The number of hydrogen-bond acceptors (Lipinski definition) is 5. The van der Waals surface area contributed by atoms with Crippen LogP contribution in [0.3, 0.4) is 0 Å². The van der Waals surface area contributed by atoms with Crippen molar-refractivity contribution in [3.05, 3.63) is 18.1 Å². The summed E-state index contributed by atoms with van der Waals surface area (Å²) in [5.74, 6) is 1.66. The van der Waals surface area contributed by atoms with Crippen LogP contribution in [0.1, 0.15) is 5.82 Å². The number of hydrogen-bond donors (Lipinski definition) is 1. The van der Waals surface area contributed by atoms with Crippen LogP contribution in [0.5, 0.6) is 0 Å². The molecule has 0 aromatic carbocycles. The first-order valence-corrected chi connectivity index (χ1v) is 5.53. The van der Waals surface area contributed by atoms with Gasteiger partial charge in [-0.2, -0.15) is 0 Å². The largest absolute Gasteiger partial charge is 0.391 e. The molecule has 2 N–H and O–H groups in total. The zero-order valence-corrected chi connectivity index (χ0v) is 9.91. The number of ether oxygens (including phenoxy) is 1. The Balaban J connectivity index is 2.12. The van der Waals surface area contributed by atoms with Gasteiger partial charge in [0.2, 0.25) is 0 Å². The van der Waals surface area contributed by atoms with Gasteiger partial charge in [0, 0.05) is 12.7 Å². The van der Waals surface area contributed by atoms with Gasteiger partial charge in [-0.25, -0.2) is 9.97 Å². The van der Waals surface area contributed by atoms with Crippen molar-refractivity contribution in [1.29, 1.82) is 0 Å². The van der Waals surface area contributed by atoms with Gasteiger partial charge in [-0.3, -0.25) is 0 Å². The molecule has 1 aromatic rings. The molecule has 0 radical (unpaired) electrons. The van der Waals surface area contributed by atoms with Crippen molar-refractivity contribution < 1.29 is 4.74 Å². The van der Waals surface area contributed by atoms with E-state index in [0.717, 1.165) is 18.2 Å². The number of morpholine rings is 1. The van der Waals surface area contributed by atoms with Gasteiger partial charge in [0.15, 0.2) is 0 Å². The molecule has 1 saturated heterocycles. The summed E-state index contributed by atoms with van der Waals surface area (Å²) in [6.45, 7) is 3.95. The number of rotatable bonds is 2. The SMILES string of the molecule is Cc1nccc(N2CCOC(C(N)=S)C2)n1. The second-order valence-corrected chi connectivity index (χ2v) is 4.14. The van der Waals surface area contributed by atoms with E-state index in [1.165, 1.54) is 0 Å². The highest BCUT2D eigenvalue weighted by Crippen LogP contribution is 2.14. The Bertz CT molecular complexity index is 398. The maximum Gasteiger partial charge on any atom is 0.132 e. The van der Waals surface area contributed by atoms with Gasteiger partial charge in [-0.1, -0.05) is 12.2 Å². The molecule has 0 bridgehead atoms. The zero-order valence-electron chi connectivity index (χ0n) is 9.09. The predicted octanol–water partition coefficient (Wildman–Crippen LogP) is 0.276. The van der Waals surface area contributed by atoms with Crippen LogP contribution in [-0.4, -0.2) is 40.8 Å². The average Bonchev–Trinajstić information content (AvgIpc) is 2.29. The lowest BCUT2D eigenvalue weighted by molar-refractivity contribution is 0.0844. The fraction of sp³-hybridized carbons (Fsp3) is 0.500. The van der Waals surface area contributed by atoms with E-state index in [1.807, 2.05) is 13.0 Å². The van der Waals surface area contributed by atoms with E-state index in [-0.39, 0.29) is 6.10 Å². The molecule has 2 rings (SSSR count). The molecule has 1 unspecified atom stereocenters. The first kappa shape index (κ1) is 11.2. The summed E-state index contributed by atoms with van der Waals surface area (Å²) in [5, 5.41) is 0. The minimum Gasteiger partial charge on any atom is -0.391 e. The third kappa shape index (κ3) is 2.45. The van der Waals surface area contributed by atoms with Crippen molar-refractivity contribution in [1.82, 2.24) is 9.97 Å². The maximum absolute atomic E-state index is 5.58. The zero-order chi connectivity index (χ0) is 11.5. The molecule has 16 heavy (non-hydrogen) atoms. The topological polar surface area (TPSA) is 64.3 Å². The molecule has 1 aromatic heterocycles. The Morgan fingerprint density at radius 3 is 3.19 bits per heavy atom. The number of nitrogens with two attached hydrogens (primary N) is 1. The van der Waals surface area contributed by atoms with Gasteiger partial charge in [0.05, 0.1) is 13.2 Å². The molecule has 1 aliphatic rings. The molecule has 1 aliphatic heterocycles. The lowest BCUT2D eigenvalue weighted by Gasteiger charge is -2.33. The van der Waals surface area contributed by atoms with Crippen molar-refractivity contribution in [2.24, 2.45) is 5.73 Å². The van der Waals surface area contributed by atoms with Crippen molar-refractivity contribution in [2.75, 3.05) is 24.6 Å². The third-order valence-electron chi connectivity index (χ3n) is 2.47. The fourth-order valence-corrected chi connectivity index (χ4v) is 1.79. The number of nitrogens with zero attached hydrogens (tertiary/aromatic N) is 3. The van der Waals surface area contributed by atoms with E-state index < -0.39 is 0 Å². The van der Waals surface area contributed by atoms with E-state index >= 15 is 0 Å². The van der Waals surface area contributed by atoms with Gasteiger partial charge in [-0.15, -0.1) is 0 Å². The van der Waals surface area contributed by atoms with E-state index in [4.69, 9.17) is 22.7 Å². The Labute approximate surface area is 99.6 Å². The molecular formula is C10H14N4OS. The lowest BCUT2D eigenvalue weighted by Crippen LogP contribution is -2.48. The Hall–Kier alpha value is -1.27. The van der Waals surface area contributed by atoms with Crippen molar-refractivity contribution in [3.63, 3.8) is 0 Å². The molecule has 1 fully saturated rings. The summed E-state index contributed by atoms with van der Waals surface area (Å²) in [5.41, 5.74) is 5.58. The minimum atomic E-state index is -0.181. The molecule has 0 aliphatic carbocycles. The van der Waals surface area contributed by atoms with Crippen LogP contribution in [0.2, 0.25) is 0 Å². The van der Waals surface area contributed by atoms with Gasteiger partial charge in [0.25, 0.3) is 0 Å². The van der Waals surface area contributed by atoms with Crippen LogP contribution in [0.25, 0.3) is 0 Å². The third-order valence-corrected chi connectivity index (χ3v) is 2.73. The predicted molar refractivity (Wildman–Crippen MR) is 65.5 cm³/mol. The number of anilines is 1. The van der Waals surface area contributed by atoms with E-state index in [0.29, 0.717) is 18.1 Å². The van der Waals surface area contributed by atoms with Crippen LogP contribution in [-0.2, 0) is 4.74 Å². The average molecular weight is 238 g/mol. The second kappa shape index (κ2) is 4.71. The van der Waals surface area contributed by atoms with Gasteiger partial charge in [0.1, 0.15) is 22.7 Å². The van der Waals surface area contributed by atoms with E-state index in [2.05, 4.69) is 14.9 Å². The summed E-state index contributed by atoms with van der Waals surface area (Å²) >= 11 is 4.94. The Kier molecular flexibility index (Phi) is 3.31. The van der Waals surface area contributed by atoms with Crippen LogP contribution in [0.4, 0.5) is 5.82 Å². The van der Waals surface area contributed by atoms with Gasteiger partial charge >= 0.3 is 0 Å². The lowest BCUT2D eigenvalue weighted by atomic mass is 10.2. The smallest absolute Gasteiger partial charge is 0.132 e. The number of aryl methyl sites for hydroxylation is 1. The summed E-state index contributed by atoms with van der Waals surface area (Å²) < 4.78 is 5.47. The summed E-state index contributed by atoms with van der Waals surface area (Å²) in [7, 11) is 0. The van der Waals surface area contributed by atoms with Crippen molar-refractivity contribution in [3.8, 4) is 0 Å². The number of aromatic nitrogens is 2. The van der Waals surface area contributed by atoms with Gasteiger partial charge < -0.3 is 15.4 Å². The number of thiocarbonyl (C=S) groups is 1. The molecule has 6 heteroatoms. The van der Waals surface area contributed by atoms with Gasteiger partial charge in [-0.05, 0) is 13.0 Å². The molecule has 0 amide bonds. The standard InChI is InChI=1S/C10H14N4OS/c1-7-12-3-2-9(13-7)14-4-5-15-8(6-14)10(11)16/h2-3,8H,4-6H2,1H3,(H2,11,16). The maximum atomic E-state index is 5.58. The highest BCUT2D eigenvalue weighted by molar-refractivity contribution is 7.80. The fourth-order valence-electron chi connectivity index (χ4n) is 1.65. The second-order valence-electron chi connectivity index (χ2n) is 3.67. The first-order chi connectivity index (χ1) is 7.66. The van der Waals surface area contributed by atoms with E-state index in [9.17, 15) is 0 Å². The molecule has 0 spiro atoms. The summed E-state index contributed by atoms with van der Waals surface area (Å²) in [6, 6.07) is 1.88. The highest BCUT2D eigenvalue weighted by atomic mass is 32.1. The molecular weight excluding hydrogens is 224 g/mol. The van der Waals surface area contributed by atoms with Crippen molar-refractivity contribution >= 4 is 23.0 Å². The normalized spacial score (nSPS) is 20.8. The summed E-state index contributed by atoms with van der Waals surface area (Å²) in [4.78, 5) is 10.9. The van der Waals surface area contributed by atoms with E-state index in [1.54, 1.807) is 6.20 Å². The van der Waals surface area contributed by atoms with Crippen LogP contribution in [0.15, 0.2) is 12.3 Å². The van der Waals surface area contributed by atoms with Crippen molar-refractivity contribution in [2.45, 2.75) is 13.0 Å². The molecule has 5 nitrogen and oxygen atoms in total. The summed E-state index contributed by atoms with van der Waals surface area (Å²) in [6.07, 6.45) is 1.57. The minimum absolute atomic E-state index is 0.181. The quantitative estimate of drug-likeness (QED) is 0.746. The monoisotopic (exact) mass is 238 g/mol. The van der Waals surface area contributed by atoms with Crippen LogP contribution < -0.4 is 10.6 Å². The molecule has 2 heterocycles. The molecule has 86 valence electrons. The van der Waals surface area contributed by atoms with Crippen LogP contribution >= 0.6 is 12.2 Å². The Morgan fingerprint density at radius 2 is 2.50 bits per heavy atom. The van der Waals surface area contributed by atoms with Crippen LogP contribution in [0, 0.1) is 6.92 Å².